The van der Waals surface area contributed by atoms with Gasteiger partial charge in [-0.1, -0.05) is 12.1 Å². The third-order valence-electron chi connectivity index (χ3n) is 5.57. The Morgan fingerprint density at radius 1 is 1.03 bits per heavy atom. The first-order valence-corrected chi connectivity index (χ1v) is 9.98. The molecule has 1 aliphatic heterocycles. The van der Waals surface area contributed by atoms with Crippen molar-refractivity contribution in [2.45, 2.75) is 33.5 Å². The Morgan fingerprint density at radius 3 is 2.48 bits per heavy atom. The number of fused-ring (bicyclic) bond motifs is 1. The van der Waals surface area contributed by atoms with E-state index < -0.39 is 0 Å². The Hall–Kier alpha value is -2.71. The molecule has 3 aromatic rings. The highest BCUT2D eigenvalue weighted by molar-refractivity contribution is 7.71. The van der Waals surface area contributed by atoms with Gasteiger partial charge < -0.3 is 9.47 Å². The summed E-state index contributed by atoms with van der Waals surface area (Å²) >= 11 is 5.67. The van der Waals surface area contributed by atoms with E-state index in [0.29, 0.717) is 11.4 Å². The number of ether oxygens (including phenoxy) is 2. The topological polar surface area (TPSA) is 57.3 Å². The molecule has 29 heavy (non-hydrogen) atoms. The van der Waals surface area contributed by atoms with Crippen molar-refractivity contribution in [1.82, 2.24) is 24.7 Å². The number of hydrogen-bond donors (Lipinski definition) is 0. The highest BCUT2D eigenvalue weighted by atomic mass is 32.1. The van der Waals surface area contributed by atoms with Gasteiger partial charge in [-0.3, -0.25) is 4.90 Å². The lowest BCUT2D eigenvalue weighted by Crippen LogP contribution is -2.33. The van der Waals surface area contributed by atoms with Crippen LogP contribution in [0.25, 0.3) is 5.69 Å². The van der Waals surface area contributed by atoms with Gasteiger partial charge in [-0.25, -0.2) is 4.68 Å². The van der Waals surface area contributed by atoms with E-state index in [1.54, 1.807) is 23.6 Å². The molecule has 0 saturated carbocycles. The molecule has 0 radical (unpaired) electrons. The highest BCUT2D eigenvalue weighted by Gasteiger charge is 2.21. The van der Waals surface area contributed by atoms with E-state index in [9.17, 15) is 0 Å². The van der Waals surface area contributed by atoms with Gasteiger partial charge in [0, 0.05) is 13.1 Å². The number of methoxy groups -OCH3 is 2. The molecule has 2 heterocycles. The minimum absolute atomic E-state index is 0.594. The lowest BCUT2D eigenvalue weighted by Gasteiger charge is -2.29. The average Bonchev–Trinajstić information content (AvgIpc) is 3.09. The molecule has 0 bridgehead atoms. The van der Waals surface area contributed by atoms with Crippen molar-refractivity contribution in [2.24, 2.45) is 0 Å². The Bertz CT molecular complexity index is 1100. The van der Waals surface area contributed by atoms with Crippen molar-refractivity contribution < 1.29 is 9.47 Å². The predicted molar refractivity (Wildman–Crippen MR) is 113 cm³/mol. The van der Waals surface area contributed by atoms with Gasteiger partial charge in [0.05, 0.1) is 26.6 Å². The summed E-state index contributed by atoms with van der Waals surface area (Å²) in [5.41, 5.74) is 5.87. The van der Waals surface area contributed by atoms with Crippen LogP contribution in [0, 0.1) is 18.6 Å². The van der Waals surface area contributed by atoms with E-state index in [2.05, 4.69) is 47.4 Å². The molecule has 0 saturated heterocycles. The third-order valence-corrected chi connectivity index (χ3v) is 5.96. The molecule has 2 aromatic carbocycles. The summed E-state index contributed by atoms with van der Waals surface area (Å²) in [6.07, 6.45) is 0.939. The normalized spacial score (nSPS) is 13.9. The van der Waals surface area contributed by atoms with Crippen LogP contribution in [0.5, 0.6) is 11.5 Å². The van der Waals surface area contributed by atoms with Crippen molar-refractivity contribution >= 4 is 12.2 Å². The second kappa shape index (κ2) is 7.96. The van der Waals surface area contributed by atoms with Crippen molar-refractivity contribution in [2.75, 3.05) is 20.8 Å². The maximum absolute atomic E-state index is 5.67. The van der Waals surface area contributed by atoms with E-state index in [1.165, 1.54) is 16.7 Å². The smallest absolute Gasteiger partial charge is 0.221 e. The molecular formula is C21H25N5O2S. The molecule has 0 spiro atoms. The van der Waals surface area contributed by atoms with E-state index in [1.807, 2.05) is 12.1 Å². The fraction of sp³-hybridized carbons (Fsp3) is 0.381. The van der Waals surface area contributed by atoms with Crippen LogP contribution in [-0.2, 0) is 19.6 Å². The van der Waals surface area contributed by atoms with Crippen molar-refractivity contribution in [3.8, 4) is 17.2 Å². The fourth-order valence-corrected chi connectivity index (χ4v) is 3.96. The standard InChI is InChI=1S/C21H25N5O2S/c1-14-6-5-7-18(15(14)2)26-21(29)25(22-23-26)13-24-9-8-16-10-19(27-3)20(28-4)11-17(16)12-24/h5-7,10-11H,8-9,12-13H2,1-4H3. The molecular weight excluding hydrogens is 386 g/mol. The fourth-order valence-electron chi connectivity index (χ4n) is 3.73. The number of aromatic nitrogens is 4. The lowest BCUT2D eigenvalue weighted by atomic mass is 9.99. The van der Waals surface area contributed by atoms with Gasteiger partial charge in [0.15, 0.2) is 11.5 Å². The van der Waals surface area contributed by atoms with Crippen LogP contribution in [0.3, 0.4) is 0 Å². The molecule has 0 unspecified atom stereocenters. The molecule has 0 amide bonds. The van der Waals surface area contributed by atoms with Crippen LogP contribution in [-0.4, -0.2) is 45.5 Å². The molecule has 152 valence electrons. The summed E-state index contributed by atoms with van der Waals surface area (Å²) in [7, 11) is 3.33. The molecule has 0 aliphatic carbocycles. The number of aryl methyl sites for hydroxylation is 1. The van der Waals surface area contributed by atoms with Crippen molar-refractivity contribution in [3.63, 3.8) is 0 Å². The van der Waals surface area contributed by atoms with Crippen LogP contribution in [0.1, 0.15) is 22.3 Å². The number of tetrazole rings is 1. The van der Waals surface area contributed by atoms with Crippen LogP contribution in [0.4, 0.5) is 0 Å². The summed E-state index contributed by atoms with van der Waals surface area (Å²) in [5, 5.41) is 8.62. The van der Waals surface area contributed by atoms with Crippen LogP contribution in [0.15, 0.2) is 30.3 Å². The first-order chi connectivity index (χ1) is 14.0. The van der Waals surface area contributed by atoms with Crippen LogP contribution < -0.4 is 9.47 Å². The summed E-state index contributed by atoms with van der Waals surface area (Å²) in [6.45, 7) is 6.47. The third kappa shape index (κ3) is 3.65. The second-order valence-electron chi connectivity index (χ2n) is 7.31. The van der Waals surface area contributed by atoms with Gasteiger partial charge in [0.25, 0.3) is 0 Å². The lowest BCUT2D eigenvalue weighted by molar-refractivity contribution is 0.186. The molecule has 1 aliphatic rings. The van der Waals surface area contributed by atoms with Gasteiger partial charge in [0.2, 0.25) is 4.77 Å². The quantitative estimate of drug-likeness (QED) is 0.600. The zero-order chi connectivity index (χ0) is 20.5. The molecule has 8 heteroatoms. The molecule has 0 N–H and O–H groups in total. The molecule has 1 aromatic heterocycles. The summed E-state index contributed by atoms with van der Waals surface area (Å²) < 4.78 is 15.0. The van der Waals surface area contributed by atoms with Gasteiger partial charge in [-0.2, -0.15) is 4.68 Å². The zero-order valence-corrected chi connectivity index (χ0v) is 18.0. The van der Waals surface area contributed by atoms with E-state index in [4.69, 9.17) is 21.7 Å². The van der Waals surface area contributed by atoms with Crippen molar-refractivity contribution in [3.05, 3.63) is 57.4 Å². The van der Waals surface area contributed by atoms with Crippen molar-refractivity contribution in [1.29, 1.82) is 0 Å². The number of hydrogen-bond acceptors (Lipinski definition) is 6. The summed E-state index contributed by atoms with van der Waals surface area (Å²) in [4.78, 5) is 2.31. The minimum atomic E-state index is 0.594. The molecule has 7 nitrogen and oxygen atoms in total. The van der Waals surface area contributed by atoms with Gasteiger partial charge in [-0.15, -0.1) is 0 Å². The number of nitrogens with zero attached hydrogens (tertiary/aromatic N) is 5. The molecule has 0 fully saturated rings. The maximum Gasteiger partial charge on any atom is 0.221 e. The largest absolute Gasteiger partial charge is 0.493 e. The van der Waals surface area contributed by atoms with E-state index >= 15 is 0 Å². The van der Waals surface area contributed by atoms with E-state index in [0.717, 1.165) is 42.3 Å². The number of benzene rings is 2. The first-order valence-electron chi connectivity index (χ1n) is 9.57. The Balaban J connectivity index is 1.57. The first kappa shape index (κ1) is 19.6. The SMILES string of the molecule is COc1cc2c(cc1OC)CN(Cn1nnn(-c3cccc(C)c3C)c1=S)CC2. The molecule has 0 atom stereocenters. The van der Waals surface area contributed by atoms with Gasteiger partial charge >= 0.3 is 0 Å². The molecule has 4 rings (SSSR count). The summed E-state index contributed by atoms with van der Waals surface area (Å²) in [5.74, 6) is 1.53. The van der Waals surface area contributed by atoms with Gasteiger partial charge in [0.1, 0.15) is 0 Å². The van der Waals surface area contributed by atoms with Crippen LogP contribution >= 0.6 is 12.2 Å². The predicted octanol–water partition coefficient (Wildman–Crippen LogP) is 3.45. The highest BCUT2D eigenvalue weighted by Crippen LogP contribution is 2.33. The second-order valence-corrected chi connectivity index (χ2v) is 7.68. The minimum Gasteiger partial charge on any atom is -0.493 e. The average molecular weight is 412 g/mol. The Morgan fingerprint density at radius 2 is 1.76 bits per heavy atom. The maximum atomic E-state index is 5.67. The Labute approximate surface area is 175 Å². The van der Waals surface area contributed by atoms with Gasteiger partial charge in [-0.05, 0) is 83.4 Å². The summed E-state index contributed by atoms with van der Waals surface area (Å²) in [6, 6.07) is 10.3. The monoisotopic (exact) mass is 411 g/mol. The zero-order valence-electron chi connectivity index (χ0n) is 17.2. The van der Waals surface area contributed by atoms with E-state index in [-0.39, 0.29) is 0 Å². The van der Waals surface area contributed by atoms with Crippen LogP contribution in [0.2, 0.25) is 0 Å². The Kier molecular flexibility index (Phi) is 5.38. The number of rotatable bonds is 5.